The molecule has 0 saturated carbocycles. The number of anilines is 1. The van der Waals surface area contributed by atoms with Crippen LogP contribution in [0.2, 0.25) is 0 Å². The molecule has 16 heavy (non-hydrogen) atoms. The Morgan fingerprint density at radius 2 is 2.00 bits per heavy atom. The number of amides is 3. The molecule has 2 N–H and O–H groups in total. The zero-order valence-electron chi connectivity index (χ0n) is 9.14. The van der Waals surface area contributed by atoms with Crippen molar-refractivity contribution in [2.75, 3.05) is 25.0 Å². The van der Waals surface area contributed by atoms with Crippen molar-refractivity contribution in [1.29, 1.82) is 0 Å². The molecule has 0 heterocycles. The zero-order chi connectivity index (χ0) is 11.8. The largest absolute Gasteiger partial charge is 0.336 e. The first-order valence-corrected chi connectivity index (χ1v) is 5.01. The molecule has 0 bridgehead atoms. The molecule has 0 unspecified atom stereocenters. The highest BCUT2D eigenvalue weighted by Gasteiger charge is 2.13. The Labute approximate surface area is 94.4 Å². The molecule has 0 aliphatic carbocycles. The maximum absolute atomic E-state index is 11.6. The lowest BCUT2D eigenvalue weighted by atomic mass is 10.3. The number of carbonyl (C=O) groups is 2. The Balaban J connectivity index is 2.61. The van der Waals surface area contributed by atoms with E-state index in [0.717, 1.165) is 4.90 Å². The maximum atomic E-state index is 11.6. The monoisotopic (exact) mass is 221 g/mol. The number of nitrogens with one attached hydrogen (secondary N) is 2. The minimum Gasteiger partial charge on any atom is -0.336 e. The second-order valence-corrected chi connectivity index (χ2v) is 3.15. The first kappa shape index (κ1) is 12.2. The average Bonchev–Trinajstić information content (AvgIpc) is 2.32. The number of hydrogen-bond donors (Lipinski definition) is 2. The molecule has 0 saturated heterocycles. The molecule has 0 aliphatic rings. The summed E-state index contributed by atoms with van der Waals surface area (Å²) in [6.07, 6.45) is 0.504. The Kier molecular flexibility index (Phi) is 5.01. The normalized spacial score (nSPS) is 9.56. The summed E-state index contributed by atoms with van der Waals surface area (Å²) in [4.78, 5) is 23.5. The molecule has 1 aromatic carbocycles. The molecule has 5 heteroatoms. The number of urea groups is 1. The predicted octanol–water partition coefficient (Wildman–Crippen LogP) is 0.578. The van der Waals surface area contributed by atoms with E-state index < -0.39 is 6.03 Å². The van der Waals surface area contributed by atoms with Gasteiger partial charge in [-0.1, -0.05) is 18.2 Å². The van der Waals surface area contributed by atoms with Gasteiger partial charge in [0, 0.05) is 13.1 Å². The third-order valence-electron chi connectivity index (χ3n) is 2.01. The van der Waals surface area contributed by atoms with Gasteiger partial charge in [0.25, 0.3) is 0 Å². The van der Waals surface area contributed by atoms with Gasteiger partial charge in [0.2, 0.25) is 6.41 Å². The van der Waals surface area contributed by atoms with Gasteiger partial charge in [-0.25, -0.2) is 9.69 Å². The van der Waals surface area contributed by atoms with Crippen molar-refractivity contribution < 1.29 is 9.59 Å². The highest BCUT2D eigenvalue weighted by molar-refractivity contribution is 6.05. The second kappa shape index (κ2) is 6.58. The van der Waals surface area contributed by atoms with E-state index in [1.165, 1.54) is 0 Å². The Morgan fingerprint density at radius 3 is 2.56 bits per heavy atom. The molecule has 0 aromatic heterocycles. The Hall–Kier alpha value is -1.88. The fourth-order valence-corrected chi connectivity index (χ4v) is 1.19. The lowest BCUT2D eigenvalue weighted by Gasteiger charge is -2.16. The van der Waals surface area contributed by atoms with Gasteiger partial charge in [-0.3, -0.25) is 4.79 Å². The van der Waals surface area contributed by atoms with Gasteiger partial charge in [0.1, 0.15) is 0 Å². The molecule has 86 valence electrons. The van der Waals surface area contributed by atoms with Gasteiger partial charge in [0.15, 0.2) is 0 Å². The summed E-state index contributed by atoms with van der Waals surface area (Å²) >= 11 is 0. The molecule has 0 radical (unpaired) electrons. The van der Waals surface area contributed by atoms with Crippen LogP contribution in [0.25, 0.3) is 0 Å². The van der Waals surface area contributed by atoms with Gasteiger partial charge >= 0.3 is 6.03 Å². The van der Waals surface area contributed by atoms with Crippen LogP contribution in [0, 0.1) is 0 Å². The van der Waals surface area contributed by atoms with Crippen molar-refractivity contribution in [3.05, 3.63) is 30.3 Å². The van der Waals surface area contributed by atoms with Crippen LogP contribution >= 0.6 is 0 Å². The van der Waals surface area contributed by atoms with Gasteiger partial charge in [-0.2, -0.15) is 0 Å². The van der Waals surface area contributed by atoms with E-state index in [-0.39, 0.29) is 0 Å². The summed E-state index contributed by atoms with van der Waals surface area (Å²) in [5, 5.41) is 5.52. The molecule has 0 aliphatic heterocycles. The van der Waals surface area contributed by atoms with Gasteiger partial charge in [-0.15, -0.1) is 0 Å². The highest BCUT2D eigenvalue weighted by Crippen LogP contribution is 2.10. The van der Waals surface area contributed by atoms with Crippen LogP contribution in [0.1, 0.15) is 0 Å². The summed E-state index contributed by atoms with van der Waals surface area (Å²) in [6, 6.07) is 8.35. The Morgan fingerprint density at radius 1 is 1.31 bits per heavy atom. The minimum absolute atomic E-state index is 0.420. The molecule has 0 fully saturated rings. The molecule has 1 rings (SSSR count). The summed E-state index contributed by atoms with van der Waals surface area (Å²) in [5.74, 6) is 0. The third-order valence-corrected chi connectivity index (χ3v) is 2.01. The van der Waals surface area contributed by atoms with Gasteiger partial charge in [-0.05, 0) is 19.2 Å². The molecule has 3 amide bonds. The van der Waals surface area contributed by atoms with Crippen LogP contribution in [-0.2, 0) is 4.79 Å². The molecular formula is C11H15N3O2. The SMILES string of the molecule is CNCCNC(=O)N(C=O)c1ccccc1. The van der Waals surface area contributed by atoms with E-state index in [2.05, 4.69) is 10.6 Å². The maximum Gasteiger partial charge on any atom is 0.328 e. The predicted molar refractivity (Wildman–Crippen MR) is 62.3 cm³/mol. The summed E-state index contributed by atoms with van der Waals surface area (Å²) in [5.41, 5.74) is 0.555. The molecule has 5 nitrogen and oxygen atoms in total. The van der Waals surface area contributed by atoms with Crippen LogP contribution in [0.4, 0.5) is 10.5 Å². The number of nitrogens with zero attached hydrogens (tertiary/aromatic N) is 1. The van der Waals surface area contributed by atoms with Crippen LogP contribution in [-0.4, -0.2) is 32.6 Å². The van der Waals surface area contributed by atoms with E-state index in [0.29, 0.717) is 25.2 Å². The van der Waals surface area contributed by atoms with E-state index in [4.69, 9.17) is 0 Å². The standard InChI is InChI=1S/C11H15N3O2/c1-12-7-8-13-11(16)14(9-15)10-5-3-2-4-6-10/h2-6,9,12H,7-8H2,1H3,(H,13,16). The Bertz CT molecular complexity index is 340. The lowest BCUT2D eigenvalue weighted by molar-refractivity contribution is -0.106. The summed E-state index contributed by atoms with van der Waals surface area (Å²) in [7, 11) is 1.79. The van der Waals surface area contributed by atoms with Crippen LogP contribution in [0.15, 0.2) is 30.3 Å². The number of imide groups is 1. The number of hydrogen-bond acceptors (Lipinski definition) is 3. The number of carbonyl (C=O) groups excluding carboxylic acids is 2. The number of para-hydroxylation sites is 1. The molecule has 1 aromatic rings. The number of likely N-dealkylation sites (N-methyl/N-ethyl adjacent to an activating group) is 1. The summed E-state index contributed by atoms with van der Waals surface area (Å²) < 4.78 is 0. The second-order valence-electron chi connectivity index (χ2n) is 3.15. The van der Waals surface area contributed by atoms with Crippen molar-refractivity contribution in [3.8, 4) is 0 Å². The van der Waals surface area contributed by atoms with Crippen molar-refractivity contribution >= 4 is 18.1 Å². The topological polar surface area (TPSA) is 61.4 Å². The molecule has 0 spiro atoms. The first-order valence-electron chi connectivity index (χ1n) is 5.01. The first-order chi connectivity index (χ1) is 7.79. The smallest absolute Gasteiger partial charge is 0.328 e. The third kappa shape index (κ3) is 3.36. The van der Waals surface area contributed by atoms with E-state index >= 15 is 0 Å². The van der Waals surface area contributed by atoms with Crippen molar-refractivity contribution in [2.45, 2.75) is 0 Å². The van der Waals surface area contributed by atoms with E-state index in [1.54, 1.807) is 31.3 Å². The quantitative estimate of drug-likeness (QED) is 0.564. The zero-order valence-corrected chi connectivity index (χ0v) is 9.14. The lowest BCUT2D eigenvalue weighted by Crippen LogP contribution is -2.41. The van der Waals surface area contributed by atoms with Crippen LogP contribution < -0.4 is 15.5 Å². The van der Waals surface area contributed by atoms with E-state index in [9.17, 15) is 9.59 Å². The molecule has 0 atom stereocenters. The average molecular weight is 221 g/mol. The van der Waals surface area contributed by atoms with Crippen LogP contribution in [0.3, 0.4) is 0 Å². The summed E-state index contributed by atoms with van der Waals surface area (Å²) in [6.45, 7) is 1.14. The van der Waals surface area contributed by atoms with E-state index in [1.807, 2.05) is 6.07 Å². The molecular weight excluding hydrogens is 206 g/mol. The minimum atomic E-state index is -0.420. The fourth-order valence-electron chi connectivity index (χ4n) is 1.19. The van der Waals surface area contributed by atoms with Crippen molar-refractivity contribution in [3.63, 3.8) is 0 Å². The van der Waals surface area contributed by atoms with Crippen molar-refractivity contribution in [1.82, 2.24) is 10.6 Å². The number of rotatable bonds is 5. The highest BCUT2D eigenvalue weighted by atomic mass is 16.2. The van der Waals surface area contributed by atoms with Crippen LogP contribution in [0.5, 0.6) is 0 Å². The fraction of sp³-hybridized carbons (Fsp3) is 0.273. The van der Waals surface area contributed by atoms with Crippen molar-refractivity contribution in [2.24, 2.45) is 0 Å². The van der Waals surface area contributed by atoms with Gasteiger partial charge < -0.3 is 10.6 Å². The van der Waals surface area contributed by atoms with Gasteiger partial charge in [0.05, 0.1) is 5.69 Å². The number of benzene rings is 1.